The molecule has 0 aliphatic rings. The lowest BCUT2D eigenvalue weighted by molar-refractivity contribution is -0.140. The molecule has 3 aromatic rings. The van der Waals surface area contributed by atoms with Crippen LogP contribution >= 0.6 is 11.6 Å². The molecule has 0 aliphatic heterocycles. The Kier molecular flexibility index (Phi) is 11.7. The van der Waals surface area contributed by atoms with Crippen molar-refractivity contribution >= 4 is 39.3 Å². The van der Waals surface area contributed by atoms with Crippen LogP contribution in [0.3, 0.4) is 0 Å². The molecule has 1 N–H and O–H groups in total. The monoisotopic (exact) mass is 602 g/mol. The average molecular weight is 603 g/mol. The number of benzene rings is 3. The molecule has 3 rings (SSSR count). The fourth-order valence-electron chi connectivity index (χ4n) is 4.25. The van der Waals surface area contributed by atoms with Crippen molar-refractivity contribution in [1.82, 2.24) is 14.5 Å². The summed E-state index contributed by atoms with van der Waals surface area (Å²) in [5, 5.41) is 3.37. The fraction of sp³-hybridized carbons (Fsp3) is 0.333. The number of amides is 2. The summed E-state index contributed by atoms with van der Waals surface area (Å²) in [6.07, 6.45) is 1.81. The van der Waals surface area contributed by atoms with Gasteiger partial charge in [-0.2, -0.15) is 12.7 Å². The molecule has 0 radical (unpaired) electrons. The van der Waals surface area contributed by atoms with Gasteiger partial charge in [0.2, 0.25) is 11.8 Å². The van der Waals surface area contributed by atoms with E-state index in [0.29, 0.717) is 17.1 Å². The smallest absolute Gasteiger partial charge is 0.304 e. The summed E-state index contributed by atoms with van der Waals surface area (Å²) in [5.74, 6) is -1.85. The zero-order valence-corrected chi connectivity index (χ0v) is 25.0. The van der Waals surface area contributed by atoms with Gasteiger partial charge in [-0.15, -0.1) is 0 Å². The predicted octanol–water partition coefficient (Wildman–Crippen LogP) is 4.65. The van der Waals surface area contributed by atoms with Gasteiger partial charge < -0.3 is 10.2 Å². The van der Waals surface area contributed by atoms with Gasteiger partial charge in [-0.1, -0.05) is 79.5 Å². The number of halogens is 2. The first-order chi connectivity index (χ1) is 19.5. The van der Waals surface area contributed by atoms with E-state index in [1.165, 1.54) is 37.2 Å². The second-order valence-corrected chi connectivity index (χ2v) is 12.3. The molecule has 11 heteroatoms. The van der Waals surface area contributed by atoms with Crippen LogP contribution in [-0.2, 0) is 32.8 Å². The first-order valence-electron chi connectivity index (χ1n) is 13.3. The van der Waals surface area contributed by atoms with Crippen molar-refractivity contribution in [2.24, 2.45) is 0 Å². The molecule has 2 amide bonds. The Balaban J connectivity index is 2.08. The summed E-state index contributed by atoms with van der Waals surface area (Å²) < 4.78 is 43.2. The number of unbranched alkanes of at least 4 members (excludes halogenated alkanes) is 1. The van der Waals surface area contributed by atoms with Gasteiger partial charge >= 0.3 is 10.2 Å². The van der Waals surface area contributed by atoms with Gasteiger partial charge in [-0.3, -0.25) is 9.59 Å². The number of nitrogens with zero attached hydrogens (tertiary/aromatic N) is 3. The van der Waals surface area contributed by atoms with E-state index >= 15 is 0 Å². The van der Waals surface area contributed by atoms with Crippen molar-refractivity contribution in [1.29, 1.82) is 0 Å². The number of carbonyl (C=O) groups excluding carboxylic acids is 2. The molecule has 8 nitrogen and oxygen atoms in total. The fourth-order valence-corrected chi connectivity index (χ4v) is 5.53. The lowest BCUT2D eigenvalue weighted by atomic mass is 10.0. The van der Waals surface area contributed by atoms with Crippen molar-refractivity contribution in [3.8, 4) is 0 Å². The topological polar surface area (TPSA) is 90.0 Å². The minimum Gasteiger partial charge on any atom is -0.354 e. The maximum Gasteiger partial charge on any atom is 0.304 e. The third kappa shape index (κ3) is 8.76. The molecule has 0 spiro atoms. The minimum atomic E-state index is -4.29. The quantitative estimate of drug-likeness (QED) is 0.272. The highest BCUT2D eigenvalue weighted by molar-refractivity contribution is 7.90. The van der Waals surface area contributed by atoms with E-state index in [1.54, 1.807) is 24.3 Å². The highest BCUT2D eigenvalue weighted by atomic mass is 35.5. The molecule has 0 bridgehead atoms. The molecule has 0 aliphatic carbocycles. The van der Waals surface area contributed by atoms with Gasteiger partial charge in [-0.25, -0.2) is 8.70 Å². The van der Waals surface area contributed by atoms with Gasteiger partial charge in [-0.05, 0) is 41.8 Å². The van der Waals surface area contributed by atoms with Crippen LogP contribution in [0, 0.1) is 5.82 Å². The molecular weight excluding hydrogens is 567 g/mol. The average Bonchev–Trinajstić information content (AvgIpc) is 2.94. The van der Waals surface area contributed by atoms with Crippen LogP contribution in [0.15, 0.2) is 78.9 Å². The first-order valence-corrected chi connectivity index (χ1v) is 15.1. The maximum atomic E-state index is 14.9. The van der Waals surface area contributed by atoms with E-state index in [4.69, 9.17) is 11.6 Å². The van der Waals surface area contributed by atoms with Gasteiger partial charge in [0.15, 0.2) is 0 Å². The summed E-state index contributed by atoms with van der Waals surface area (Å²) in [7, 11) is -1.68. The van der Waals surface area contributed by atoms with Crippen molar-refractivity contribution < 1.29 is 22.4 Å². The molecule has 0 heterocycles. The van der Waals surface area contributed by atoms with Gasteiger partial charge in [0.1, 0.15) is 18.4 Å². The summed E-state index contributed by atoms with van der Waals surface area (Å²) in [5.41, 5.74) is 1.20. The van der Waals surface area contributed by atoms with Gasteiger partial charge in [0, 0.05) is 38.6 Å². The van der Waals surface area contributed by atoms with Crippen LogP contribution in [0.2, 0.25) is 5.02 Å². The standard InChI is InChI=1S/C30H36ClFN4O4S/c1-4-5-18-33-30(38)28(20-23-12-7-6-8-13-23)35(21-24-14-11-15-25(31)19-24)29(37)22-36(41(39,40)34(2)3)27-17-10-9-16-26(27)32/h6-17,19,28H,4-5,18,20-22H2,1-3H3,(H,33,38). The summed E-state index contributed by atoms with van der Waals surface area (Å²) in [4.78, 5) is 29.1. The molecule has 0 saturated heterocycles. The third-order valence-electron chi connectivity index (χ3n) is 6.48. The van der Waals surface area contributed by atoms with Crippen LogP contribution in [0.5, 0.6) is 0 Å². The Morgan fingerprint density at radius 3 is 2.24 bits per heavy atom. The molecule has 1 unspecified atom stereocenters. The van der Waals surface area contributed by atoms with E-state index in [2.05, 4.69) is 5.32 Å². The van der Waals surface area contributed by atoms with Crippen LogP contribution in [-0.4, -0.2) is 62.7 Å². The summed E-state index contributed by atoms with van der Waals surface area (Å²) in [6.45, 7) is 1.68. The van der Waals surface area contributed by atoms with E-state index in [1.807, 2.05) is 37.3 Å². The largest absolute Gasteiger partial charge is 0.354 e. The molecular formula is C30H36ClFN4O4S. The zero-order chi connectivity index (χ0) is 30.0. The van der Waals surface area contributed by atoms with Crippen molar-refractivity contribution in [3.63, 3.8) is 0 Å². The third-order valence-corrected chi connectivity index (χ3v) is 8.52. The van der Waals surface area contributed by atoms with Crippen LogP contribution in [0.4, 0.5) is 10.1 Å². The number of hydrogen-bond acceptors (Lipinski definition) is 4. The maximum absolute atomic E-state index is 14.9. The van der Waals surface area contributed by atoms with Crippen LogP contribution in [0.1, 0.15) is 30.9 Å². The highest BCUT2D eigenvalue weighted by Gasteiger charge is 2.35. The van der Waals surface area contributed by atoms with E-state index < -0.39 is 34.5 Å². The van der Waals surface area contributed by atoms with Gasteiger partial charge in [0.25, 0.3) is 0 Å². The molecule has 0 fully saturated rings. The second-order valence-electron chi connectivity index (χ2n) is 9.75. The molecule has 41 heavy (non-hydrogen) atoms. The number of anilines is 1. The number of rotatable bonds is 14. The number of nitrogens with one attached hydrogen (secondary N) is 1. The lowest BCUT2D eigenvalue weighted by Crippen LogP contribution is -2.54. The first kappa shape index (κ1) is 32.0. The van der Waals surface area contributed by atoms with E-state index in [-0.39, 0.29) is 24.6 Å². The van der Waals surface area contributed by atoms with Crippen molar-refractivity contribution in [2.75, 3.05) is 31.5 Å². The Bertz CT molecular complexity index is 1420. The SMILES string of the molecule is CCCCNC(=O)C(Cc1ccccc1)N(Cc1cccc(Cl)c1)C(=O)CN(c1ccccc1F)S(=O)(=O)N(C)C. The Labute approximate surface area is 246 Å². The second kappa shape index (κ2) is 15.0. The molecule has 220 valence electrons. The normalized spacial score (nSPS) is 12.1. The Hall–Kier alpha value is -3.47. The summed E-state index contributed by atoms with van der Waals surface area (Å²) in [6, 6.07) is 20.5. The Morgan fingerprint density at radius 2 is 1.61 bits per heavy atom. The van der Waals surface area contributed by atoms with Crippen LogP contribution in [0.25, 0.3) is 0 Å². The Morgan fingerprint density at radius 1 is 0.951 bits per heavy atom. The lowest BCUT2D eigenvalue weighted by Gasteiger charge is -2.34. The van der Waals surface area contributed by atoms with Gasteiger partial charge in [0.05, 0.1) is 5.69 Å². The molecule has 0 aromatic heterocycles. The minimum absolute atomic E-state index is 0.0226. The zero-order valence-electron chi connectivity index (χ0n) is 23.5. The predicted molar refractivity (Wildman–Crippen MR) is 160 cm³/mol. The summed E-state index contributed by atoms with van der Waals surface area (Å²) >= 11 is 6.22. The molecule has 3 aromatic carbocycles. The molecule has 0 saturated carbocycles. The number of para-hydroxylation sites is 1. The highest BCUT2D eigenvalue weighted by Crippen LogP contribution is 2.24. The number of carbonyl (C=O) groups is 2. The van der Waals surface area contributed by atoms with Crippen molar-refractivity contribution in [2.45, 2.75) is 38.8 Å². The molecule has 1 atom stereocenters. The van der Waals surface area contributed by atoms with E-state index in [9.17, 15) is 22.4 Å². The van der Waals surface area contributed by atoms with Crippen molar-refractivity contribution in [3.05, 3.63) is 101 Å². The number of hydrogen-bond donors (Lipinski definition) is 1. The van der Waals surface area contributed by atoms with Crippen LogP contribution < -0.4 is 9.62 Å². The van der Waals surface area contributed by atoms with E-state index in [0.717, 1.165) is 33.1 Å².